The summed E-state index contributed by atoms with van der Waals surface area (Å²) in [4.78, 5) is 13.6. The van der Waals surface area contributed by atoms with Crippen LogP contribution in [0.1, 0.15) is 5.56 Å². The number of nitrogens with one attached hydrogen (secondary N) is 1. The van der Waals surface area contributed by atoms with Crippen LogP contribution >= 0.6 is 11.6 Å². The minimum absolute atomic E-state index is 0.602. The number of anilines is 2. The van der Waals surface area contributed by atoms with Crippen molar-refractivity contribution in [3.8, 4) is 17.1 Å². The molecule has 4 rings (SSSR count). The van der Waals surface area contributed by atoms with Crippen molar-refractivity contribution in [1.82, 2.24) is 15.0 Å². The Hall–Kier alpha value is -3.18. The maximum atomic E-state index is 6.21. The molecule has 6 heteroatoms. The summed E-state index contributed by atoms with van der Waals surface area (Å²) >= 11 is 6.21. The summed E-state index contributed by atoms with van der Waals surface area (Å²) < 4.78 is 5.34. The Morgan fingerprint density at radius 3 is 2.67 bits per heavy atom. The molecule has 5 nitrogen and oxygen atoms in total. The number of hydrogen-bond acceptors (Lipinski definition) is 5. The zero-order valence-electron chi connectivity index (χ0n) is 14.9. The van der Waals surface area contributed by atoms with Gasteiger partial charge in [0.2, 0.25) is 0 Å². The van der Waals surface area contributed by atoms with Gasteiger partial charge in [0.1, 0.15) is 11.6 Å². The number of benzene rings is 2. The van der Waals surface area contributed by atoms with E-state index in [-0.39, 0.29) is 0 Å². The lowest BCUT2D eigenvalue weighted by atomic mass is 10.1. The summed E-state index contributed by atoms with van der Waals surface area (Å²) in [6.07, 6.45) is 3.47. The van der Waals surface area contributed by atoms with E-state index in [9.17, 15) is 0 Å². The molecule has 0 aliphatic heterocycles. The van der Waals surface area contributed by atoms with Crippen LogP contribution < -0.4 is 10.1 Å². The summed E-state index contributed by atoms with van der Waals surface area (Å²) in [7, 11) is 1.66. The molecule has 0 spiro atoms. The second-order valence-corrected chi connectivity index (χ2v) is 6.54. The van der Waals surface area contributed by atoms with Crippen molar-refractivity contribution in [2.24, 2.45) is 0 Å². The summed E-state index contributed by atoms with van der Waals surface area (Å²) in [5.41, 5.74) is 3.60. The normalized spacial score (nSPS) is 10.8. The summed E-state index contributed by atoms with van der Waals surface area (Å²) in [5.74, 6) is 2.13. The fraction of sp³-hybridized carbons (Fsp3) is 0.0952. The van der Waals surface area contributed by atoms with Gasteiger partial charge >= 0.3 is 0 Å². The number of nitrogens with zero attached hydrogens (tertiary/aromatic N) is 3. The Balaban J connectivity index is 1.84. The Morgan fingerprint density at radius 2 is 1.93 bits per heavy atom. The highest BCUT2D eigenvalue weighted by molar-refractivity contribution is 6.31. The third-order valence-electron chi connectivity index (χ3n) is 4.24. The molecule has 1 N–H and O–H groups in total. The van der Waals surface area contributed by atoms with Crippen molar-refractivity contribution in [3.05, 3.63) is 71.5 Å². The summed E-state index contributed by atoms with van der Waals surface area (Å²) in [6.45, 7) is 2.00. The average molecular weight is 377 g/mol. The number of halogens is 1. The van der Waals surface area contributed by atoms with Gasteiger partial charge in [-0.25, -0.2) is 9.97 Å². The van der Waals surface area contributed by atoms with Crippen LogP contribution in [0.25, 0.3) is 22.3 Å². The largest absolute Gasteiger partial charge is 0.496 e. The zero-order chi connectivity index (χ0) is 18.8. The first-order valence-electron chi connectivity index (χ1n) is 8.43. The van der Waals surface area contributed by atoms with Crippen molar-refractivity contribution >= 4 is 34.0 Å². The van der Waals surface area contributed by atoms with E-state index in [0.717, 1.165) is 33.5 Å². The van der Waals surface area contributed by atoms with Crippen molar-refractivity contribution in [2.45, 2.75) is 6.92 Å². The summed E-state index contributed by atoms with van der Waals surface area (Å²) in [5, 5.41) is 4.87. The minimum Gasteiger partial charge on any atom is -0.496 e. The fourth-order valence-electron chi connectivity index (χ4n) is 2.91. The van der Waals surface area contributed by atoms with E-state index in [2.05, 4.69) is 15.3 Å². The molecule has 0 atom stereocenters. The molecule has 0 aliphatic rings. The molecule has 2 aromatic carbocycles. The van der Waals surface area contributed by atoms with Crippen molar-refractivity contribution < 1.29 is 4.74 Å². The Bertz CT molecular complexity index is 1120. The molecule has 0 saturated heterocycles. The Labute approximate surface area is 162 Å². The van der Waals surface area contributed by atoms with Crippen molar-refractivity contribution in [2.75, 3.05) is 12.4 Å². The first kappa shape index (κ1) is 17.2. The van der Waals surface area contributed by atoms with Gasteiger partial charge in [-0.05, 0) is 61.0 Å². The summed E-state index contributed by atoms with van der Waals surface area (Å²) in [6, 6.07) is 15.3. The highest BCUT2D eigenvalue weighted by atomic mass is 35.5. The van der Waals surface area contributed by atoms with Gasteiger partial charge in [0.05, 0.1) is 12.6 Å². The van der Waals surface area contributed by atoms with Gasteiger partial charge in [-0.2, -0.15) is 0 Å². The quantitative estimate of drug-likeness (QED) is 0.516. The van der Waals surface area contributed by atoms with Crippen LogP contribution in [0.5, 0.6) is 5.75 Å². The standard InChI is InChI=1S/C21H17ClN4O/c1-13-10-16(6-8-19(13)27-2)24-21-17-11-15(22)5-7-18(17)25-20(26-21)14-4-3-9-23-12-14/h3-12H,1-2H3,(H,24,25,26). The zero-order valence-corrected chi connectivity index (χ0v) is 15.7. The molecular formula is C21H17ClN4O. The first-order valence-corrected chi connectivity index (χ1v) is 8.81. The van der Waals surface area contributed by atoms with Gasteiger partial charge in [0.15, 0.2) is 5.82 Å². The van der Waals surface area contributed by atoms with Crippen LogP contribution in [0.2, 0.25) is 5.02 Å². The number of ether oxygens (including phenoxy) is 1. The third kappa shape index (κ3) is 3.55. The molecule has 0 amide bonds. The lowest BCUT2D eigenvalue weighted by Crippen LogP contribution is -2.00. The average Bonchev–Trinajstić information content (AvgIpc) is 2.69. The lowest BCUT2D eigenvalue weighted by molar-refractivity contribution is 0.412. The highest BCUT2D eigenvalue weighted by Crippen LogP contribution is 2.30. The molecule has 0 radical (unpaired) electrons. The number of rotatable bonds is 4. The lowest BCUT2D eigenvalue weighted by Gasteiger charge is -2.13. The maximum absolute atomic E-state index is 6.21. The monoisotopic (exact) mass is 376 g/mol. The van der Waals surface area contributed by atoms with Crippen LogP contribution in [-0.2, 0) is 0 Å². The molecule has 0 fully saturated rings. The van der Waals surface area contributed by atoms with E-state index < -0.39 is 0 Å². The van der Waals surface area contributed by atoms with Crippen molar-refractivity contribution in [1.29, 1.82) is 0 Å². The minimum atomic E-state index is 0.602. The predicted octanol–water partition coefficient (Wildman–Crippen LogP) is 5.41. The topological polar surface area (TPSA) is 59.9 Å². The van der Waals surface area contributed by atoms with E-state index in [4.69, 9.17) is 21.3 Å². The Morgan fingerprint density at radius 1 is 1.04 bits per heavy atom. The molecule has 27 heavy (non-hydrogen) atoms. The van der Waals surface area contributed by atoms with E-state index in [1.54, 1.807) is 19.5 Å². The van der Waals surface area contributed by atoms with Crippen molar-refractivity contribution in [3.63, 3.8) is 0 Å². The second-order valence-electron chi connectivity index (χ2n) is 6.11. The molecule has 0 bridgehead atoms. The molecule has 2 aromatic heterocycles. The molecule has 134 valence electrons. The van der Waals surface area contributed by atoms with Crippen LogP contribution in [-0.4, -0.2) is 22.1 Å². The molecule has 0 unspecified atom stereocenters. The predicted molar refractivity (Wildman–Crippen MR) is 109 cm³/mol. The van der Waals surface area contributed by atoms with Crippen LogP contribution in [0.15, 0.2) is 60.9 Å². The van der Waals surface area contributed by atoms with Gasteiger partial charge in [0, 0.05) is 34.1 Å². The van der Waals surface area contributed by atoms with Crippen LogP contribution in [0.4, 0.5) is 11.5 Å². The molecule has 4 aromatic rings. The van der Waals surface area contributed by atoms with E-state index in [1.807, 2.05) is 55.5 Å². The maximum Gasteiger partial charge on any atom is 0.163 e. The van der Waals surface area contributed by atoms with E-state index >= 15 is 0 Å². The second kappa shape index (κ2) is 7.21. The first-order chi connectivity index (χ1) is 13.1. The van der Waals surface area contributed by atoms with Gasteiger partial charge in [-0.15, -0.1) is 0 Å². The number of aromatic nitrogens is 3. The van der Waals surface area contributed by atoms with E-state index in [1.165, 1.54) is 0 Å². The molecule has 0 aliphatic carbocycles. The van der Waals surface area contributed by atoms with Crippen LogP contribution in [0, 0.1) is 6.92 Å². The van der Waals surface area contributed by atoms with Gasteiger partial charge in [-0.3, -0.25) is 4.98 Å². The number of pyridine rings is 1. The Kier molecular flexibility index (Phi) is 4.60. The smallest absolute Gasteiger partial charge is 0.163 e. The van der Waals surface area contributed by atoms with E-state index in [0.29, 0.717) is 16.7 Å². The number of aryl methyl sites for hydroxylation is 1. The molecule has 2 heterocycles. The van der Waals surface area contributed by atoms with Gasteiger partial charge < -0.3 is 10.1 Å². The molecule has 0 saturated carbocycles. The third-order valence-corrected chi connectivity index (χ3v) is 4.47. The molecular weight excluding hydrogens is 360 g/mol. The SMILES string of the molecule is COc1ccc(Nc2nc(-c3cccnc3)nc3ccc(Cl)cc23)cc1C. The van der Waals surface area contributed by atoms with Gasteiger partial charge in [0.25, 0.3) is 0 Å². The fourth-order valence-corrected chi connectivity index (χ4v) is 3.09. The van der Waals surface area contributed by atoms with Gasteiger partial charge in [-0.1, -0.05) is 11.6 Å². The number of hydrogen-bond donors (Lipinski definition) is 1. The number of methoxy groups -OCH3 is 1. The highest BCUT2D eigenvalue weighted by Gasteiger charge is 2.11. The van der Waals surface area contributed by atoms with Crippen LogP contribution in [0.3, 0.4) is 0 Å². The number of fused-ring (bicyclic) bond motifs is 1.